The highest BCUT2D eigenvalue weighted by Crippen LogP contribution is 2.37. The molecule has 0 spiro atoms. The van der Waals surface area contributed by atoms with Gasteiger partial charge in [-0.25, -0.2) is 0 Å². The summed E-state index contributed by atoms with van der Waals surface area (Å²) in [7, 11) is 1.63. The van der Waals surface area contributed by atoms with Crippen LogP contribution in [0.5, 0.6) is 5.75 Å². The third kappa shape index (κ3) is 3.67. The quantitative estimate of drug-likeness (QED) is 0.911. The summed E-state index contributed by atoms with van der Waals surface area (Å²) in [6.07, 6.45) is 0.986. The minimum atomic E-state index is 0.0723. The molecule has 1 N–H and O–H groups in total. The van der Waals surface area contributed by atoms with E-state index in [0.29, 0.717) is 5.25 Å². The average molecular weight is 342 g/mol. The predicted octanol–water partition coefficient (Wildman–Crippen LogP) is 4.02. The van der Waals surface area contributed by atoms with Crippen LogP contribution in [0.25, 0.3) is 0 Å². The van der Waals surface area contributed by atoms with Gasteiger partial charge in [-0.15, -0.1) is 11.8 Å². The van der Waals surface area contributed by atoms with Crippen molar-refractivity contribution in [2.24, 2.45) is 0 Å². The van der Waals surface area contributed by atoms with Gasteiger partial charge in [-0.05, 0) is 30.7 Å². The van der Waals surface area contributed by atoms with Crippen molar-refractivity contribution in [2.75, 3.05) is 30.4 Å². The predicted molar refractivity (Wildman–Crippen MR) is 100 cm³/mol. The van der Waals surface area contributed by atoms with Crippen LogP contribution >= 0.6 is 11.8 Å². The van der Waals surface area contributed by atoms with Crippen LogP contribution in [0.3, 0.4) is 0 Å². The lowest BCUT2D eigenvalue weighted by atomic mass is 10.2. The molecule has 0 bridgehead atoms. The molecule has 5 heteroatoms. The van der Waals surface area contributed by atoms with Gasteiger partial charge in [0, 0.05) is 16.7 Å². The number of rotatable bonds is 4. The van der Waals surface area contributed by atoms with E-state index in [0.717, 1.165) is 30.1 Å². The zero-order valence-corrected chi connectivity index (χ0v) is 14.8. The van der Waals surface area contributed by atoms with Crippen LogP contribution in [0.15, 0.2) is 53.4 Å². The molecule has 1 unspecified atom stereocenters. The Morgan fingerprint density at radius 3 is 2.83 bits per heavy atom. The average Bonchev–Trinajstić information content (AvgIpc) is 2.78. The lowest BCUT2D eigenvalue weighted by Gasteiger charge is -2.23. The number of anilines is 2. The van der Waals surface area contributed by atoms with Crippen molar-refractivity contribution in [3.63, 3.8) is 0 Å². The van der Waals surface area contributed by atoms with Gasteiger partial charge in [-0.1, -0.05) is 31.2 Å². The summed E-state index contributed by atoms with van der Waals surface area (Å²) in [6.45, 7) is 3.20. The van der Waals surface area contributed by atoms with Crippen LogP contribution in [0, 0.1) is 0 Å². The van der Waals surface area contributed by atoms with E-state index in [4.69, 9.17) is 4.74 Å². The van der Waals surface area contributed by atoms with Crippen molar-refractivity contribution < 1.29 is 9.53 Å². The summed E-state index contributed by atoms with van der Waals surface area (Å²) in [5.74, 6) is 0.814. The maximum absolute atomic E-state index is 12.8. The summed E-state index contributed by atoms with van der Waals surface area (Å²) in [4.78, 5) is 15.9. The molecule has 24 heavy (non-hydrogen) atoms. The third-order valence-electron chi connectivity index (χ3n) is 4.08. The number of carbonyl (C=O) groups is 1. The number of para-hydroxylation sites is 3. The highest BCUT2D eigenvalue weighted by Gasteiger charge is 2.23. The summed E-state index contributed by atoms with van der Waals surface area (Å²) in [5, 5.41) is 3.71. The van der Waals surface area contributed by atoms with Crippen LogP contribution in [0.2, 0.25) is 0 Å². The van der Waals surface area contributed by atoms with Crippen LogP contribution in [0.4, 0.5) is 11.4 Å². The zero-order chi connectivity index (χ0) is 16.9. The first-order valence-corrected chi connectivity index (χ1v) is 9.00. The van der Waals surface area contributed by atoms with Gasteiger partial charge < -0.3 is 15.0 Å². The molecule has 2 aromatic carbocycles. The number of benzene rings is 2. The van der Waals surface area contributed by atoms with E-state index in [1.165, 1.54) is 4.90 Å². The van der Waals surface area contributed by atoms with E-state index in [1.807, 2.05) is 59.1 Å². The minimum absolute atomic E-state index is 0.0723. The molecule has 0 saturated heterocycles. The van der Waals surface area contributed by atoms with Gasteiger partial charge in [0.2, 0.25) is 5.91 Å². The molecule has 1 atom stereocenters. The highest BCUT2D eigenvalue weighted by molar-refractivity contribution is 8.00. The SMILES string of the molecule is COc1ccccc1NCC(=O)N1CCC(C)Sc2ccccc21. The zero-order valence-electron chi connectivity index (χ0n) is 14.0. The van der Waals surface area contributed by atoms with Gasteiger partial charge >= 0.3 is 0 Å². The third-order valence-corrected chi connectivity index (χ3v) is 5.32. The minimum Gasteiger partial charge on any atom is -0.495 e. The van der Waals surface area contributed by atoms with E-state index in [2.05, 4.69) is 18.3 Å². The number of hydrogen-bond donors (Lipinski definition) is 1. The molecule has 0 saturated carbocycles. The molecule has 0 radical (unpaired) electrons. The summed E-state index contributed by atoms with van der Waals surface area (Å²) >= 11 is 1.84. The summed E-state index contributed by atoms with van der Waals surface area (Å²) in [6, 6.07) is 15.8. The van der Waals surface area contributed by atoms with Crippen molar-refractivity contribution in [3.05, 3.63) is 48.5 Å². The number of amides is 1. The Morgan fingerprint density at radius 1 is 1.25 bits per heavy atom. The first-order chi connectivity index (χ1) is 11.7. The molecule has 2 aromatic rings. The van der Waals surface area contributed by atoms with Gasteiger partial charge in [-0.2, -0.15) is 0 Å². The molecule has 126 valence electrons. The molecular weight excluding hydrogens is 320 g/mol. The van der Waals surface area contributed by atoms with Gasteiger partial charge in [0.05, 0.1) is 25.0 Å². The number of nitrogens with zero attached hydrogens (tertiary/aromatic N) is 1. The Morgan fingerprint density at radius 2 is 2.00 bits per heavy atom. The fourth-order valence-corrected chi connectivity index (χ4v) is 3.92. The maximum atomic E-state index is 12.8. The smallest absolute Gasteiger partial charge is 0.246 e. The number of thioether (sulfide) groups is 1. The molecule has 4 nitrogen and oxygen atoms in total. The van der Waals surface area contributed by atoms with Crippen molar-refractivity contribution in [1.82, 2.24) is 0 Å². The van der Waals surface area contributed by atoms with E-state index < -0.39 is 0 Å². The van der Waals surface area contributed by atoms with Gasteiger partial charge in [0.25, 0.3) is 0 Å². The molecule has 0 fully saturated rings. The van der Waals surface area contributed by atoms with E-state index in [-0.39, 0.29) is 12.5 Å². The topological polar surface area (TPSA) is 41.6 Å². The highest BCUT2D eigenvalue weighted by atomic mass is 32.2. The second kappa shape index (κ2) is 7.62. The van der Waals surface area contributed by atoms with Crippen LogP contribution in [-0.2, 0) is 4.79 Å². The first kappa shape index (κ1) is 16.7. The Bertz CT molecular complexity index is 720. The number of ether oxygens (including phenoxy) is 1. The number of carbonyl (C=O) groups excluding carboxylic acids is 1. The Labute approximate surface area is 147 Å². The second-order valence-corrected chi connectivity index (χ2v) is 7.26. The van der Waals surface area contributed by atoms with Gasteiger partial charge in [0.15, 0.2) is 0 Å². The standard InChI is InChI=1S/C19H22N2O2S/c1-14-11-12-21(16-8-4-6-10-18(16)24-14)19(22)13-20-15-7-3-5-9-17(15)23-2/h3-10,14,20H,11-13H2,1-2H3. The fraction of sp³-hybridized carbons (Fsp3) is 0.316. The van der Waals surface area contributed by atoms with Crippen molar-refractivity contribution in [3.8, 4) is 5.75 Å². The Hall–Kier alpha value is -2.14. The number of nitrogens with one attached hydrogen (secondary N) is 1. The first-order valence-electron chi connectivity index (χ1n) is 8.12. The molecule has 0 aliphatic carbocycles. The molecule has 0 aromatic heterocycles. The van der Waals surface area contributed by atoms with Gasteiger partial charge in [0.1, 0.15) is 5.75 Å². The van der Waals surface area contributed by atoms with Crippen molar-refractivity contribution >= 4 is 29.0 Å². The normalized spacial score (nSPS) is 16.9. The van der Waals surface area contributed by atoms with Crippen molar-refractivity contribution in [1.29, 1.82) is 0 Å². The number of fused-ring (bicyclic) bond motifs is 1. The Balaban J connectivity index is 1.75. The molecule has 3 rings (SSSR count). The lowest BCUT2D eigenvalue weighted by molar-refractivity contribution is -0.117. The monoisotopic (exact) mass is 342 g/mol. The maximum Gasteiger partial charge on any atom is 0.246 e. The summed E-state index contributed by atoms with van der Waals surface area (Å²) < 4.78 is 5.32. The molecule has 1 amide bonds. The number of hydrogen-bond acceptors (Lipinski definition) is 4. The molecular formula is C19H22N2O2S. The van der Waals surface area contributed by atoms with E-state index in [9.17, 15) is 4.79 Å². The fourth-order valence-electron chi connectivity index (χ4n) is 2.80. The summed E-state index contributed by atoms with van der Waals surface area (Å²) in [5.41, 5.74) is 1.85. The molecule has 1 heterocycles. The molecule has 1 aliphatic heterocycles. The van der Waals surface area contributed by atoms with Crippen molar-refractivity contribution in [2.45, 2.75) is 23.5 Å². The van der Waals surface area contributed by atoms with Gasteiger partial charge in [-0.3, -0.25) is 4.79 Å². The lowest BCUT2D eigenvalue weighted by Crippen LogP contribution is -2.36. The van der Waals surface area contributed by atoms with Crippen LogP contribution in [0.1, 0.15) is 13.3 Å². The largest absolute Gasteiger partial charge is 0.495 e. The number of methoxy groups -OCH3 is 1. The Kier molecular flexibility index (Phi) is 5.30. The van der Waals surface area contributed by atoms with Crippen LogP contribution < -0.4 is 15.0 Å². The van der Waals surface area contributed by atoms with E-state index in [1.54, 1.807) is 7.11 Å². The molecule has 1 aliphatic rings. The van der Waals surface area contributed by atoms with E-state index >= 15 is 0 Å². The second-order valence-electron chi connectivity index (χ2n) is 5.78. The van der Waals surface area contributed by atoms with Crippen LogP contribution in [-0.4, -0.2) is 31.4 Å².